The number of nitrogens with zero attached hydrogens (tertiary/aromatic N) is 1. The quantitative estimate of drug-likeness (QED) is 0.848. The van der Waals surface area contributed by atoms with Gasteiger partial charge in [-0.2, -0.15) is 0 Å². The van der Waals surface area contributed by atoms with E-state index in [1.54, 1.807) is 0 Å². The van der Waals surface area contributed by atoms with Crippen molar-refractivity contribution in [2.45, 2.75) is 26.4 Å². The molecule has 0 spiro atoms. The molecule has 0 aliphatic rings. The Bertz CT molecular complexity index is 383. The molecule has 0 amide bonds. The molecule has 0 unspecified atom stereocenters. The van der Waals surface area contributed by atoms with E-state index in [0.717, 1.165) is 0 Å². The van der Waals surface area contributed by atoms with Crippen molar-refractivity contribution in [1.82, 2.24) is 4.90 Å². The van der Waals surface area contributed by atoms with E-state index in [1.807, 2.05) is 18.7 Å². The van der Waals surface area contributed by atoms with Crippen molar-refractivity contribution in [1.29, 1.82) is 0 Å². The van der Waals surface area contributed by atoms with E-state index >= 15 is 0 Å². The SMILES string of the molecule is CC(C)N(CCN)Cc1c(F)ccc(Br)c1F. The smallest absolute Gasteiger partial charge is 0.144 e. The minimum atomic E-state index is -0.535. The molecule has 0 saturated heterocycles. The Morgan fingerprint density at radius 2 is 2.00 bits per heavy atom. The fourth-order valence-electron chi connectivity index (χ4n) is 1.60. The lowest BCUT2D eigenvalue weighted by molar-refractivity contribution is 0.213. The minimum absolute atomic E-state index is 0.0847. The molecule has 1 aromatic rings. The van der Waals surface area contributed by atoms with Gasteiger partial charge in [0.25, 0.3) is 0 Å². The summed E-state index contributed by atoms with van der Waals surface area (Å²) in [7, 11) is 0. The molecule has 0 fully saturated rings. The van der Waals surface area contributed by atoms with Crippen LogP contribution in [0.3, 0.4) is 0 Å². The molecule has 0 heterocycles. The Morgan fingerprint density at radius 3 is 2.53 bits per heavy atom. The highest BCUT2D eigenvalue weighted by molar-refractivity contribution is 9.10. The first-order valence-corrected chi connectivity index (χ1v) is 6.33. The van der Waals surface area contributed by atoms with Crippen LogP contribution in [0.15, 0.2) is 16.6 Å². The molecule has 0 aromatic heterocycles. The van der Waals surface area contributed by atoms with Gasteiger partial charge in [-0.25, -0.2) is 8.78 Å². The van der Waals surface area contributed by atoms with Crippen LogP contribution in [-0.4, -0.2) is 24.0 Å². The van der Waals surface area contributed by atoms with Crippen LogP contribution in [0.4, 0.5) is 8.78 Å². The minimum Gasteiger partial charge on any atom is -0.329 e. The monoisotopic (exact) mass is 306 g/mol. The summed E-state index contributed by atoms with van der Waals surface area (Å²) >= 11 is 3.06. The molecule has 0 saturated carbocycles. The van der Waals surface area contributed by atoms with Crippen molar-refractivity contribution in [3.05, 3.63) is 33.8 Å². The van der Waals surface area contributed by atoms with Crippen molar-refractivity contribution in [3.63, 3.8) is 0 Å². The largest absolute Gasteiger partial charge is 0.329 e. The van der Waals surface area contributed by atoms with Crippen LogP contribution in [0.25, 0.3) is 0 Å². The highest BCUT2D eigenvalue weighted by Gasteiger charge is 2.17. The lowest BCUT2D eigenvalue weighted by Crippen LogP contribution is -2.35. The molecular weight excluding hydrogens is 290 g/mol. The molecule has 0 atom stereocenters. The second-order valence-electron chi connectivity index (χ2n) is 4.17. The van der Waals surface area contributed by atoms with Crippen LogP contribution >= 0.6 is 15.9 Å². The zero-order chi connectivity index (χ0) is 13.0. The van der Waals surface area contributed by atoms with Crippen molar-refractivity contribution >= 4 is 15.9 Å². The predicted molar refractivity (Wildman–Crippen MR) is 68.7 cm³/mol. The zero-order valence-corrected chi connectivity index (χ0v) is 11.6. The lowest BCUT2D eigenvalue weighted by atomic mass is 10.1. The van der Waals surface area contributed by atoms with Gasteiger partial charge in [0.15, 0.2) is 0 Å². The molecule has 0 bridgehead atoms. The molecule has 0 aliphatic carbocycles. The Kier molecular flexibility index (Phi) is 5.49. The lowest BCUT2D eigenvalue weighted by Gasteiger charge is -2.26. The number of rotatable bonds is 5. The van der Waals surface area contributed by atoms with Gasteiger partial charge in [0, 0.05) is 31.2 Å². The van der Waals surface area contributed by atoms with Crippen molar-refractivity contribution in [2.75, 3.05) is 13.1 Å². The standard InChI is InChI=1S/C12H17BrF2N2/c1-8(2)17(6-5-16)7-9-11(14)4-3-10(13)12(9)15/h3-4,8H,5-7,16H2,1-2H3. The summed E-state index contributed by atoms with van der Waals surface area (Å²) in [6.07, 6.45) is 0. The van der Waals surface area contributed by atoms with Crippen molar-refractivity contribution in [3.8, 4) is 0 Å². The summed E-state index contributed by atoms with van der Waals surface area (Å²) in [6, 6.07) is 2.83. The Balaban J connectivity index is 2.96. The van der Waals surface area contributed by atoms with E-state index in [1.165, 1.54) is 12.1 Å². The van der Waals surface area contributed by atoms with Gasteiger partial charge >= 0.3 is 0 Å². The molecule has 2 N–H and O–H groups in total. The number of benzene rings is 1. The van der Waals surface area contributed by atoms with Gasteiger partial charge in [-0.05, 0) is 41.9 Å². The van der Waals surface area contributed by atoms with Gasteiger partial charge in [-0.15, -0.1) is 0 Å². The van der Waals surface area contributed by atoms with E-state index in [-0.39, 0.29) is 22.6 Å². The predicted octanol–water partition coefficient (Wildman–Crippen LogP) is 2.90. The molecule has 0 radical (unpaired) electrons. The van der Waals surface area contributed by atoms with E-state index in [9.17, 15) is 8.78 Å². The molecule has 1 aromatic carbocycles. The van der Waals surface area contributed by atoms with Crippen LogP contribution in [0.1, 0.15) is 19.4 Å². The van der Waals surface area contributed by atoms with Gasteiger partial charge in [-0.1, -0.05) is 0 Å². The number of hydrogen-bond acceptors (Lipinski definition) is 2. The van der Waals surface area contributed by atoms with Gasteiger partial charge in [-0.3, -0.25) is 4.90 Å². The third kappa shape index (κ3) is 3.72. The second kappa shape index (κ2) is 6.42. The summed E-state index contributed by atoms with van der Waals surface area (Å²) < 4.78 is 27.6. The summed E-state index contributed by atoms with van der Waals surface area (Å²) in [6.45, 7) is 5.26. The normalized spacial score (nSPS) is 11.5. The maximum Gasteiger partial charge on any atom is 0.144 e. The molecule has 5 heteroatoms. The number of nitrogens with two attached hydrogens (primary N) is 1. The van der Waals surface area contributed by atoms with Gasteiger partial charge in [0.1, 0.15) is 11.6 Å². The van der Waals surface area contributed by atoms with Gasteiger partial charge < -0.3 is 5.73 Å². The van der Waals surface area contributed by atoms with Crippen LogP contribution < -0.4 is 5.73 Å². The summed E-state index contributed by atoms with van der Waals surface area (Å²) in [5.41, 5.74) is 5.57. The molecule has 2 nitrogen and oxygen atoms in total. The maximum atomic E-state index is 13.8. The highest BCUT2D eigenvalue weighted by atomic mass is 79.9. The summed E-state index contributed by atoms with van der Waals surface area (Å²) in [5, 5.41) is 0. The Labute approximate surface area is 109 Å². The molecule has 1 rings (SSSR count). The third-order valence-electron chi connectivity index (χ3n) is 2.65. The first-order chi connectivity index (χ1) is 7.97. The van der Waals surface area contributed by atoms with Crippen molar-refractivity contribution < 1.29 is 8.78 Å². The average molecular weight is 307 g/mol. The van der Waals surface area contributed by atoms with E-state index in [2.05, 4.69) is 15.9 Å². The molecule has 0 aliphatic heterocycles. The van der Waals surface area contributed by atoms with E-state index in [4.69, 9.17) is 5.73 Å². The fraction of sp³-hybridized carbons (Fsp3) is 0.500. The third-order valence-corrected chi connectivity index (χ3v) is 3.26. The Morgan fingerprint density at radius 1 is 1.35 bits per heavy atom. The average Bonchev–Trinajstić information content (AvgIpc) is 2.28. The summed E-state index contributed by atoms with van der Waals surface area (Å²) in [5.74, 6) is -1.05. The van der Waals surface area contributed by atoms with Crippen LogP contribution in [0.2, 0.25) is 0 Å². The Hall–Kier alpha value is -0.520. The fourth-order valence-corrected chi connectivity index (χ4v) is 1.97. The van der Waals surface area contributed by atoms with Gasteiger partial charge in [0.05, 0.1) is 4.47 Å². The molecule has 17 heavy (non-hydrogen) atoms. The van der Waals surface area contributed by atoms with Gasteiger partial charge in [0.2, 0.25) is 0 Å². The summed E-state index contributed by atoms with van der Waals surface area (Å²) in [4.78, 5) is 1.94. The van der Waals surface area contributed by atoms with E-state index < -0.39 is 11.6 Å². The highest BCUT2D eigenvalue weighted by Crippen LogP contribution is 2.23. The number of hydrogen-bond donors (Lipinski definition) is 1. The topological polar surface area (TPSA) is 29.3 Å². The first kappa shape index (κ1) is 14.5. The van der Waals surface area contributed by atoms with Crippen LogP contribution in [-0.2, 0) is 6.54 Å². The van der Waals surface area contributed by atoms with E-state index in [0.29, 0.717) is 13.1 Å². The van der Waals surface area contributed by atoms with Crippen LogP contribution in [0.5, 0.6) is 0 Å². The van der Waals surface area contributed by atoms with Crippen LogP contribution in [0, 0.1) is 11.6 Å². The second-order valence-corrected chi connectivity index (χ2v) is 5.03. The molecule has 96 valence electrons. The first-order valence-electron chi connectivity index (χ1n) is 5.53. The maximum absolute atomic E-state index is 13.8. The molecular formula is C12H17BrF2N2. The van der Waals surface area contributed by atoms with Crippen molar-refractivity contribution in [2.24, 2.45) is 5.73 Å². The number of halogens is 3. The zero-order valence-electron chi connectivity index (χ0n) is 10.0.